The Hall–Kier alpha value is -0.0800. The van der Waals surface area contributed by atoms with Gasteiger partial charge in [-0.15, -0.1) is 24.0 Å². The zero-order chi connectivity index (χ0) is 13.7. The Labute approximate surface area is 139 Å². The van der Waals surface area contributed by atoms with Crippen LogP contribution in [0.2, 0.25) is 0 Å². The lowest BCUT2D eigenvalue weighted by atomic mass is 10.1. The van der Waals surface area contributed by atoms with Gasteiger partial charge >= 0.3 is 0 Å². The summed E-state index contributed by atoms with van der Waals surface area (Å²) in [7, 11) is 3.54. The smallest absolute Gasteiger partial charge is 0.191 e. The summed E-state index contributed by atoms with van der Waals surface area (Å²) in [5.41, 5.74) is 0. The van der Waals surface area contributed by atoms with Crippen LogP contribution in [0.4, 0.5) is 0 Å². The summed E-state index contributed by atoms with van der Waals surface area (Å²) < 4.78 is 5.12. The summed E-state index contributed by atoms with van der Waals surface area (Å²) in [5, 5.41) is 6.78. The minimum atomic E-state index is 0. The van der Waals surface area contributed by atoms with Crippen molar-refractivity contribution in [1.82, 2.24) is 15.5 Å². The van der Waals surface area contributed by atoms with Gasteiger partial charge in [-0.1, -0.05) is 0 Å². The fraction of sp³-hybridized carbons (Fsp3) is 0.929. The van der Waals surface area contributed by atoms with Gasteiger partial charge in [0.1, 0.15) is 0 Å². The van der Waals surface area contributed by atoms with Gasteiger partial charge in [-0.3, -0.25) is 4.99 Å². The summed E-state index contributed by atoms with van der Waals surface area (Å²) in [6, 6.07) is 1.19. The van der Waals surface area contributed by atoms with Gasteiger partial charge in [0.05, 0.1) is 6.61 Å². The predicted octanol–water partition coefficient (Wildman–Crippen LogP) is 1.29. The number of nitrogens with one attached hydrogen (secondary N) is 2. The van der Waals surface area contributed by atoms with Gasteiger partial charge < -0.3 is 20.3 Å². The standard InChI is InChI=1S/C14H28N4O.HI/c1-11(10-19-3)17-14(15-2)16-8-12-6-7-18(9-12)13-4-5-13;/h11-13H,4-10H2,1-3H3,(H2,15,16,17);1H. The molecular formula is C14H29IN4O. The molecule has 2 N–H and O–H groups in total. The van der Waals surface area contributed by atoms with Crippen molar-refractivity contribution in [2.45, 2.75) is 38.3 Å². The summed E-state index contributed by atoms with van der Waals surface area (Å²) >= 11 is 0. The number of rotatable bonds is 6. The third-order valence-electron chi connectivity index (χ3n) is 3.96. The molecule has 5 nitrogen and oxygen atoms in total. The van der Waals surface area contributed by atoms with Crippen molar-refractivity contribution < 1.29 is 4.74 Å². The van der Waals surface area contributed by atoms with Gasteiger partial charge in [0, 0.05) is 39.3 Å². The molecule has 0 amide bonds. The van der Waals surface area contributed by atoms with Crippen molar-refractivity contribution in [1.29, 1.82) is 0 Å². The summed E-state index contributed by atoms with van der Waals surface area (Å²) in [4.78, 5) is 6.91. The van der Waals surface area contributed by atoms with E-state index in [1.807, 2.05) is 7.05 Å². The molecule has 1 heterocycles. The van der Waals surface area contributed by atoms with E-state index in [4.69, 9.17) is 4.74 Å². The van der Waals surface area contributed by atoms with E-state index in [1.165, 1.54) is 32.4 Å². The highest BCUT2D eigenvalue weighted by molar-refractivity contribution is 14.0. The molecule has 0 radical (unpaired) electrons. The third kappa shape index (κ3) is 5.73. The summed E-state index contributed by atoms with van der Waals surface area (Å²) in [5.74, 6) is 1.64. The fourth-order valence-electron chi connectivity index (χ4n) is 2.76. The van der Waals surface area contributed by atoms with Crippen molar-refractivity contribution in [2.75, 3.05) is 40.4 Å². The van der Waals surface area contributed by atoms with Crippen LogP contribution in [0.5, 0.6) is 0 Å². The molecule has 0 aromatic heterocycles. The lowest BCUT2D eigenvalue weighted by molar-refractivity contribution is 0.179. The molecule has 2 rings (SSSR count). The SMILES string of the molecule is CN=C(NCC1CCN(C2CC2)C1)NC(C)COC.I. The van der Waals surface area contributed by atoms with Gasteiger partial charge in [0.2, 0.25) is 0 Å². The van der Waals surface area contributed by atoms with Crippen molar-refractivity contribution in [3.63, 3.8) is 0 Å². The molecule has 2 fully saturated rings. The van der Waals surface area contributed by atoms with Crippen LogP contribution < -0.4 is 10.6 Å². The molecule has 1 saturated heterocycles. The predicted molar refractivity (Wildman–Crippen MR) is 94.0 cm³/mol. The van der Waals surface area contributed by atoms with Gasteiger partial charge in [-0.05, 0) is 38.6 Å². The third-order valence-corrected chi connectivity index (χ3v) is 3.96. The first kappa shape index (κ1) is 18.0. The lowest BCUT2D eigenvalue weighted by Crippen LogP contribution is -2.45. The average Bonchev–Trinajstić information content (AvgIpc) is 3.14. The van der Waals surface area contributed by atoms with Crippen molar-refractivity contribution in [2.24, 2.45) is 10.9 Å². The number of ether oxygens (including phenoxy) is 1. The number of guanidine groups is 1. The van der Waals surface area contributed by atoms with E-state index >= 15 is 0 Å². The van der Waals surface area contributed by atoms with E-state index in [9.17, 15) is 0 Å². The highest BCUT2D eigenvalue weighted by atomic mass is 127. The van der Waals surface area contributed by atoms with Crippen LogP contribution in [0, 0.1) is 5.92 Å². The average molecular weight is 396 g/mol. The second kappa shape index (κ2) is 9.04. The van der Waals surface area contributed by atoms with Crippen molar-refractivity contribution >= 4 is 29.9 Å². The van der Waals surface area contributed by atoms with Crippen LogP contribution in [0.3, 0.4) is 0 Å². The van der Waals surface area contributed by atoms with Crippen molar-refractivity contribution in [3.05, 3.63) is 0 Å². The van der Waals surface area contributed by atoms with E-state index < -0.39 is 0 Å². The van der Waals surface area contributed by atoms with Gasteiger partial charge in [0.25, 0.3) is 0 Å². The molecule has 1 saturated carbocycles. The number of hydrogen-bond acceptors (Lipinski definition) is 3. The van der Waals surface area contributed by atoms with Gasteiger partial charge in [-0.25, -0.2) is 0 Å². The Bertz CT molecular complexity index is 310. The lowest BCUT2D eigenvalue weighted by Gasteiger charge is -2.19. The first-order chi connectivity index (χ1) is 9.22. The zero-order valence-corrected chi connectivity index (χ0v) is 15.2. The Kier molecular flexibility index (Phi) is 8.13. The normalized spacial score (nSPS) is 25.1. The number of methoxy groups -OCH3 is 1. The van der Waals surface area contributed by atoms with Crippen LogP contribution in [0.1, 0.15) is 26.2 Å². The molecule has 1 aliphatic carbocycles. The first-order valence-electron chi connectivity index (χ1n) is 7.43. The van der Waals surface area contributed by atoms with Gasteiger partial charge in [0.15, 0.2) is 5.96 Å². The Morgan fingerprint density at radius 2 is 2.15 bits per heavy atom. The number of hydrogen-bond donors (Lipinski definition) is 2. The van der Waals surface area contributed by atoms with Crippen molar-refractivity contribution in [3.8, 4) is 0 Å². The van der Waals surface area contributed by atoms with Crippen LogP contribution in [0.15, 0.2) is 4.99 Å². The number of halogens is 1. The largest absolute Gasteiger partial charge is 0.383 e. The maximum absolute atomic E-state index is 5.12. The zero-order valence-electron chi connectivity index (χ0n) is 12.9. The second-order valence-corrected chi connectivity index (χ2v) is 5.83. The topological polar surface area (TPSA) is 48.9 Å². The van der Waals surface area contributed by atoms with E-state index in [-0.39, 0.29) is 30.0 Å². The van der Waals surface area contributed by atoms with Crippen LogP contribution in [0.25, 0.3) is 0 Å². The fourth-order valence-corrected chi connectivity index (χ4v) is 2.76. The molecule has 6 heteroatoms. The Balaban J connectivity index is 0.00000200. The Morgan fingerprint density at radius 1 is 1.40 bits per heavy atom. The molecular weight excluding hydrogens is 367 g/mol. The molecule has 0 aromatic rings. The minimum Gasteiger partial charge on any atom is -0.383 e. The number of aliphatic imine (C=N–C) groups is 1. The maximum atomic E-state index is 5.12. The van der Waals surface area contributed by atoms with Crippen LogP contribution in [-0.2, 0) is 4.74 Å². The molecule has 118 valence electrons. The summed E-state index contributed by atoms with van der Waals surface area (Å²) in [6.45, 7) is 6.34. The molecule has 2 atom stereocenters. The molecule has 20 heavy (non-hydrogen) atoms. The molecule has 1 aliphatic heterocycles. The first-order valence-corrected chi connectivity index (χ1v) is 7.43. The highest BCUT2D eigenvalue weighted by Crippen LogP contribution is 2.31. The summed E-state index contributed by atoms with van der Waals surface area (Å²) in [6.07, 6.45) is 4.14. The van der Waals surface area contributed by atoms with E-state index in [0.717, 1.165) is 24.5 Å². The second-order valence-electron chi connectivity index (χ2n) is 5.83. The van der Waals surface area contributed by atoms with Gasteiger partial charge in [-0.2, -0.15) is 0 Å². The van der Waals surface area contributed by atoms with Crippen LogP contribution >= 0.6 is 24.0 Å². The number of likely N-dealkylation sites (tertiary alicyclic amines) is 1. The Morgan fingerprint density at radius 3 is 2.75 bits per heavy atom. The van der Waals surface area contributed by atoms with E-state index in [2.05, 4.69) is 27.4 Å². The molecule has 0 spiro atoms. The quantitative estimate of drug-likeness (QED) is 0.404. The monoisotopic (exact) mass is 396 g/mol. The molecule has 2 unspecified atom stereocenters. The molecule has 0 bridgehead atoms. The highest BCUT2D eigenvalue weighted by Gasteiger charge is 2.34. The maximum Gasteiger partial charge on any atom is 0.191 e. The molecule has 0 aromatic carbocycles. The number of nitrogens with zero attached hydrogens (tertiary/aromatic N) is 2. The van der Waals surface area contributed by atoms with E-state index in [1.54, 1.807) is 7.11 Å². The minimum absolute atomic E-state index is 0. The van der Waals surface area contributed by atoms with E-state index in [0.29, 0.717) is 6.61 Å². The molecule has 2 aliphatic rings. The van der Waals surface area contributed by atoms with Crippen LogP contribution in [-0.4, -0.2) is 63.3 Å².